The van der Waals surface area contributed by atoms with Crippen LogP contribution in [0, 0.1) is 0 Å². The molecule has 0 fully saturated rings. The summed E-state index contributed by atoms with van der Waals surface area (Å²) in [5, 5.41) is 0. The Bertz CT molecular complexity index is 1570. The molecule has 0 amide bonds. The first-order valence-corrected chi connectivity index (χ1v) is 36.1. The Hall–Kier alpha value is -3.41. The Kier molecular flexibility index (Phi) is 68.2. The molecule has 0 spiro atoms. The average Bonchev–Trinajstić information content (AvgIpc) is 3.49. The summed E-state index contributed by atoms with van der Waals surface area (Å²) < 4.78 is 17.0. The van der Waals surface area contributed by atoms with Crippen LogP contribution in [-0.2, 0) is 28.6 Å². The van der Waals surface area contributed by atoms with Gasteiger partial charge in [-0.25, -0.2) is 0 Å². The van der Waals surface area contributed by atoms with E-state index in [1.165, 1.54) is 231 Å². The van der Waals surface area contributed by atoms with Gasteiger partial charge in [0.15, 0.2) is 6.10 Å². The van der Waals surface area contributed by atoms with Crippen molar-refractivity contribution in [2.75, 3.05) is 13.2 Å². The van der Waals surface area contributed by atoms with Gasteiger partial charge in [0.1, 0.15) is 13.2 Å². The second-order valence-corrected chi connectivity index (χ2v) is 24.1. The van der Waals surface area contributed by atoms with Crippen molar-refractivity contribution in [3.8, 4) is 0 Å². The highest BCUT2D eigenvalue weighted by Crippen LogP contribution is 2.17. The Morgan fingerprint density at radius 3 is 0.747 bits per heavy atom. The van der Waals surface area contributed by atoms with E-state index in [0.717, 1.165) is 96.3 Å². The van der Waals surface area contributed by atoms with Crippen LogP contribution < -0.4 is 0 Å². The number of carbonyl (C=O) groups excluding carboxylic acids is 3. The molecule has 0 aliphatic heterocycles. The van der Waals surface area contributed by atoms with Gasteiger partial charge in [-0.1, -0.05) is 318 Å². The van der Waals surface area contributed by atoms with Crippen molar-refractivity contribution in [3.63, 3.8) is 0 Å². The van der Waals surface area contributed by atoms with Crippen LogP contribution in [-0.4, -0.2) is 37.2 Å². The van der Waals surface area contributed by atoms with Crippen molar-refractivity contribution in [1.82, 2.24) is 0 Å². The highest BCUT2D eigenvalue weighted by molar-refractivity contribution is 5.71. The van der Waals surface area contributed by atoms with Gasteiger partial charge in [-0.15, -0.1) is 0 Å². The van der Waals surface area contributed by atoms with E-state index in [4.69, 9.17) is 14.2 Å². The van der Waals surface area contributed by atoms with E-state index in [-0.39, 0.29) is 31.1 Å². The molecule has 0 aromatic carbocycles. The van der Waals surface area contributed by atoms with Crippen molar-refractivity contribution in [2.45, 2.75) is 374 Å². The van der Waals surface area contributed by atoms with Crippen LogP contribution in [0.1, 0.15) is 367 Å². The molecule has 83 heavy (non-hydrogen) atoms. The van der Waals surface area contributed by atoms with Crippen molar-refractivity contribution in [2.24, 2.45) is 0 Å². The van der Waals surface area contributed by atoms with Crippen molar-refractivity contribution >= 4 is 17.9 Å². The van der Waals surface area contributed by atoms with E-state index < -0.39 is 6.10 Å². The van der Waals surface area contributed by atoms with E-state index in [1.807, 2.05) is 0 Å². The summed E-state index contributed by atoms with van der Waals surface area (Å²) in [5.41, 5.74) is 0. The van der Waals surface area contributed by atoms with Crippen LogP contribution in [0.25, 0.3) is 0 Å². The Morgan fingerprint density at radius 2 is 0.470 bits per heavy atom. The van der Waals surface area contributed by atoms with E-state index in [1.54, 1.807) is 0 Å². The normalized spacial score (nSPS) is 12.6. The summed E-state index contributed by atoms with van der Waals surface area (Å²) in [5.74, 6) is -0.869. The Balaban J connectivity index is 4.29. The molecule has 0 radical (unpaired) electrons. The number of ether oxygens (including phenoxy) is 3. The molecule has 0 saturated carbocycles. The lowest BCUT2D eigenvalue weighted by atomic mass is 10.0. The Morgan fingerprint density at radius 1 is 0.253 bits per heavy atom. The number of esters is 3. The fraction of sp³-hybridized carbons (Fsp3) is 0.779. The highest BCUT2D eigenvalue weighted by atomic mass is 16.6. The molecule has 0 N–H and O–H groups in total. The highest BCUT2D eigenvalue weighted by Gasteiger charge is 2.19. The SMILES string of the molecule is CC/C=C\C/C=C\C/C=C\C/C=C\C/C=C\CCCCCCCCCCCCCCCC(=O)OCC(COC(=O)CCCCCCC/C=C\CCCCCCCC)OC(=O)CCCCCCCCCCC/C=C\CCCCCCCCCC. The molecule has 0 rings (SSSR count). The van der Waals surface area contributed by atoms with Crippen LogP contribution in [0.15, 0.2) is 85.1 Å². The van der Waals surface area contributed by atoms with Gasteiger partial charge in [0, 0.05) is 19.3 Å². The maximum atomic E-state index is 13.0. The van der Waals surface area contributed by atoms with Gasteiger partial charge in [0.05, 0.1) is 0 Å². The first-order valence-electron chi connectivity index (χ1n) is 36.1. The number of allylic oxidation sites excluding steroid dienone is 14. The molecule has 6 heteroatoms. The smallest absolute Gasteiger partial charge is 0.306 e. The van der Waals surface area contributed by atoms with Crippen LogP contribution >= 0.6 is 0 Å². The molecule has 1 atom stereocenters. The molecule has 0 aliphatic carbocycles. The van der Waals surface area contributed by atoms with Crippen LogP contribution in [0.4, 0.5) is 0 Å². The van der Waals surface area contributed by atoms with Crippen molar-refractivity contribution in [1.29, 1.82) is 0 Å². The predicted molar refractivity (Wildman–Crippen MR) is 362 cm³/mol. The molecule has 0 aliphatic rings. The molecule has 0 aromatic rings. The summed E-state index contributed by atoms with van der Waals surface area (Å²) in [6.07, 6.45) is 94.7. The lowest BCUT2D eigenvalue weighted by Crippen LogP contribution is -2.30. The summed E-state index contributed by atoms with van der Waals surface area (Å²) in [7, 11) is 0. The number of carbonyl (C=O) groups is 3. The molecule has 480 valence electrons. The molecule has 0 bridgehead atoms. The maximum absolute atomic E-state index is 13.0. The van der Waals surface area contributed by atoms with Crippen LogP contribution in [0.3, 0.4) is 0 Å². The topological polar surface area (TPSA) is 78.9 Å². The van der Waals surface area contributed by atoms with Gasteiger partial charge in [-0.2, -0.15) is 0 Å². The molecule has 1 unspecified atom stereocenters. The lowest BCUT2D eigenvalue weighted by molar-refractivity contribution is -0.167. The number of unbranched alkanes of at least 4 members (excludes halogenated alkanes) is 41. The van der Waals surface area contributed by atoms with Gasteiger partial charge in [0.2, 0.25) is 0 Å². The first-order chi connectivity index (χ1) is 41.0. The predicted octanol–water partition coefficient (Wildman–Crippen LogP) is 25.0. The van der Waals surface area contributed by atoms with Gasteiger partial charge in [-0.3, -0.25) is 14.4 Å². The third-order valence-electron chi connectivity index (χ3n) is 15.9. The zero-order valence-electron chi connectivity index (χ0n) is 55.2. The monoisotopic (exact) mass is 1160 g/mol. The lowest BCUT2D eigenvalue weighted by Gasteiger charge is -2.18. The minimum absolute atomic E-state index is 0.0774. The van der Waals surface area contributed by atoms with E-state index in [9.17, 15) is 14.4 Å². The first kappa shape index (κ1) is 79.6. The van der Waals surface area contributed by atoms with Crippen molar-refractivity contribution < 1.29 is 28.6 Å². The zero-order valence-corrected chi connectivity index (χ0v) is 55.2. The van der Waals surface area contributed by atoms with E-state index >= 15 is 0 Å². The van der Waals surface area contributed by atoms with Gasteiger partial charge in [-0.05, 0) is 116 Å². The second-order valence-electron chi connectivity index (χ2n) is 24.1. The third kappa shape index (κ3) is 69.3. The minimum Gasteiger partial charge on any atom is -0.462 e. The standard InChI is InChI=1S/C77H136O6/c1-4-7-10-13-16-19-22-25-28-30-32-34-35-36-37-38-39-40-41-43-44-46-49-52-55-58-61-64-67-70-76(79)82-73-74(72-81-75(78)69-66-63-60-57-54-51-48-27-24-21-18-15-12-9-6-3)83-77(80)71-68-65-62-59-56-53-50-47-45-42-33-31-29-26-23-20-17-14-11-8-5-2/h7,10,16,19,25,27-28,31-34,36-37,48,74H,4-6,8-9,11-15,17-18,20-24,26,29-30,35,38-47,49-73H2,1-3H3/b10-7-,19-16-,28-25-,33-31-,34-32-,37-36-,48-27-. The van der Waals surface area contributed by atoms with Crippen LogP contribution in [0.5, 0.6) is 0 Å². The van der Waals surface area contributed by atoms with E-state index in [0.29, 0.717) is 19.3 Å². The molecule has 6 nitrogen and oxygen atoms in total. The molecular weight excluding hydrogens is 1020 g/mol. The van der Waals surface area contributed by atoms with Gasteiger partial charge in [0.25, 0.3) is 0 Å². The third-order valence-corrected chi connectivity index (χ3v) is 15.9. The largest absolute Gasteiger partial charge is 0.462 e. The van der Waals surface area contributed by atoms with Crippen molar-refractivity contribution in [3.05, 3.63) is 85.1 Å². The summed E-state index contributed by atoms with van der Waals surface area (Å²) >= 11 is 0. The number of hydrogen-bond donors (Lipinski definition) is 0. The maximum Gasteiger partial charge on any atom is 0.306 e. The summed E-state index contributed by atoms with van der Waals surface area (Å²) in [4.78, 5) is 38.5. The fourth-order valence-corrected chi connectivity index (χ4v) is 10.5. The average molecular weight is 1160 g/mol. The van der Waals surface area contributed by atoms with Gasteiger partial charge < -0.3 is 14.2 Å². The minimum atomic E-state index is -0.782. The quantitative estimate of drug-likeness (QED) is 0.0261. The number of hydrogen-bond acceptors (Lipinski definition) is 6. The Labute approximate surface area is 515 Å². The summed E-state index contributed by atoms with van der Waals surface area (Å²) in [6, 6.07) is 0. The number of rotatable bonds is 66. The van der Waals surface area contributed by atoms with E-state index in [2.05, 4.69) is 106 Å². The fourth-order valence-electron chi connectivity index (χ4n) is 10.5. The molecule has 0 aromatic heterocycles. The molecular formula is C77H136O6. The summed E-state index contributed by atoms with van der Waals surface area (Å²) in [6.45, 7) is 6.56. The van der Waals surface area contributed by atoms with Crippen LogP contribution in [0.2, 0.25) is 0 Å². The molecule has 0 heterocycles. The second kappa shape index (κ2) is 71.1. The molecule has 0 saturated heterocycles. The van der Waals surface area contributed by atoms with Gasteiger partial charge >= 0.3 is 17.9 Å². The zero-order chi connectivity index (χ0) is 59.9.